The number of hydrogen-bond donors (Lipinski definition) is 1. The average Bonchev–Trinajstić information content (AvgIpc) is 3.02. The Morgan fingerprint density at radius 1 is 1.37 bits per heavy atom. The van der Waals surface area contributed by atoms with Gasteiger partial charge in [0.25, 0.3) is 0 Å². The molecule has 19 heavy (non-hydrogen) atoms. The summed E-state index contributed by atoms with van der Waals surface area (Å²) >= 11 is 0. The molecular weight excluding hydrogens is 240 g/mol. The van der Waals surface area contributed by atoms with E-state index < -0.39 is 0 Å². The predicted octanol–water partition coefficient (Wildman–Crippen LogP) is 2.36. The maximum Gasteiger partial charge on any atom is 0.183 e. The third-order valence-electron chi connectivity index (χ3n) is 4.21. The van der Waals surface area contributed by atoms with Crippen LogP contribution in [0.1, 0.15) is 32.2 Å². The van der Waals surface area contributed by atoms with Crippen LogP contribution in [0.15, 0.2) is 18.3 Å². The van der Waals surface area contributed by atoms with Crippen molar-refractivity contribution in [2.24, 2.45) is 0 Å². The van der Waals surface area contributed by atoms with Crippen LogP contribution in [0.2, 0.25) is 0 Å². The molecule has 3 atom stereocenters. The van der Waals surface area contributed by atoms with Gasteiger partial charge in [-0.1, -0.05) is 0 Å². The molecule has 3 unspecified atom stereocenters. The Morgan fingerprint density at radius 2 is 2.32 bits per heavy atom. The van der Waals surface area contributed by atoms with Crippen molar-refractivity contribution in [3.8, 4) is 0 Å². The van der Waals surface area contributed by atoms with Gasteiger partial charge in [-0.3, -0.25) is 0 Å². The van der Waals surface area contributed by atoms with Crippen molar-refractivity contribution >= 4 is 16.9 Å². The zero-order chi connectivity index (χ0) is 12.8. The van der Waals surface area contributed by atoms with Crippen LogP contribution < -0.4 is 5.32 Å². The standard InChI is InChI=1S/C14H18N4O/c1-9-4-5-12(19-9)11-6-8-16-14-10-3-2-7-15-13(10)17-18(11)14/h2-3,7,9,11-12,16H,4-6,8H2,1H3. The van der Waals surface area contributed by atoms with Gasteiger partial charge in [0.2, 0.25) is 0 Å². The number of pyridine rings is 1. The molecule has 0 aromatic carbocycles. The third kappa shape index (κ3) is 1.72. The minimum absolute atomic E-state index is 0.296. The average molecular weight is 258 g/mol. The Morgan fingerprint density at radius 3 is 3.16 bits per heavy atom. The molecular formula is C14H18N4O. The molecule has 0 saturated carbocycles. The number of hydrogen-bond acceptors (Lipinski definition) is 4. The van der Waals surface area contributed by atoms with E-state index in [1.54, 1.807) is 6.20 Å². The highest BCUT2D eigenvalue weighted by molar-refractivity contribution is 5.87. The lowest BCUT2D eigenvalue weighted by Crippen LogP contribution is -2.32. The number of anilines is 1. The highest BCUT2D eigenvalue weighted by atomic mass is 16.5. The van der Waals surface area contributed by atoms with Gasteiger partial charge >= 0.3 is 0 Å². The van der Waals surface area contributed by atoms with Gasteiger partial charge in [-0.25, -0.2) is 9.67 Å². The summed E-state index contributed by atoms with van der Waals surface area (Å²) in [6.45, 7) is 3.14. The number of fused-ring (bicyclic) bond motifs is 3. The molecule has 4 rings (SSSR count). The van der Waals surface area contributed by atoms with E-state index in [1.807, 2.05) is 6.07 Å². The van der Waals surface area contributed by atoms with Crippen LogP contribution in [0, 0.1) is 0 Å². The lowest BCUT2D eigenvalue weighted by atomic mass is 10.0. The monoisotopic (exact) mass is 258 g/mol. The van der Waals surface area contributed by atoms with Crippen LogP contribution in [-0.2, 0) is 4.74 Å². The number of aromatic nitrogens is 3. The summed E-state index contributed by atoms with van der Waals surface area (Å²) in [6.07, 6.45) is 5.83. The molecule has 0 amide bonds. The second-order valence-corrected chi connectivity index (χ2v) is 5.51. The third-order valence-corrected chi connectivity index (χ3v) is 4.21. The summed E-state index contributed by atoms with van der Waals surface area (Å²) in [5.41, 5.74) is 0.822. The molecule has 5 nitrogen and oxygen atoms in total. The van der Waals surface area contributed by atoms with Crippen molar-refractivity contribution in [1.29, 1.82) is 0 Å². The summed E-state index contributed by atoms with van der Waals surface area (Å²) < 4.78 is 8.15. The van der Waals surface area contributed by atoms with E-state index in [4.69, 9.17) is 4.74 Å². The molecule has 1 N–H and O–H groups in total. The molecule has 2 aromatic heterocycles. The van der Waals surface area contributed by atoms with Crippen LogP contribution >= 0.6 is 0 Å². The van der Waals surface area contributed by atoms with Crippen molar-refractivity contribution in [3.63, 3.8) is 0 Å². The normalized spacial score (nSPS) is 30.3. The summed E-state index contributed by atoms with van der Waals surface area (Å²) in [4.78, 5) is 4.35. The van der Waals surface area contributed by atoms with Crippen LogP contribution in [0.25, 0.3) is 11.0 Å². The SMILES string of the molecule is CC1CCC(C2CCNc3c4cccnc4nn32)O1. The molecule has 0 spiro atoms. The van der Waals surface area contributed by atoms with Crippen LogP contribution in [0.3, 0.4) is 0 Å². The fourth-order valence-electron chi connectivity index (χ4n) is 3.27. The Hall–Kier alpha value is -1.62. The largest absolute Gasteiger partial charge is 0.373 e. The van der Waals surface area contributed by atoms with Gasteiger partial charge in [0, 0.05) is 12.7 Å². The fourth-order valence-corrected chi connectivity index (χ4v) is 3.27. The van der Waals surface area contributed by atoms with Gasteiger partial charge in [0.05, 0.1) is 23.6 Å². The van der Waals surface area contributed by atoms with Crippen LogP contribution in [-0.4, -0.2) is 33.5 Å². The first-order chi connectivity index (χ1) is 9.33. The van der Waals surface area contributed by atoms with Crippen molar-refractivity contribution in [1.82, 2.24) is 14.8 Å². The van der Waals surface area contributed by atoms with E-state index in [-0.39, 0.29) is 0 Å². The lowest BCUT2D eigenvalue weighted by Gasteiger charge is -2.29. The Balaban J connectivity index is 1.78. The molecule has 0 radical (unpaired) electrons. The first-order valence-corrected chi connectivity index (χ1v) is 7.05. The van der Waals surface area contributed by atoms with Gasteiger partial charge in [-0.05, 0) is 38.3 Å². The van der Waals surface area contributed by atoms with E-state index in [1.165, 1.54) is 0 Å². The second kappa shape index (κ2) is 4.20. The van der Waals surface area contributed by atoms with Gasteiger partial charge in [0.1, 0.15) is 5.82 Å². The van der Waals surface area contributed by atoms with Crippen LogP contribution in [0.4, 0.5) is 5.82 Å². The minimum Gasteiger partial charge on any atom is -0.373 e. The van der Waals surface area contributed by atoms with Crippen molar-refractivity contribution in [2.45, 2.75) is 44.4 Å². The summed E-state index contributed by atoms with van der Waals surface area (Å²) in [5, 5.41) is 9.23. The second-order valence-electron chi connectivity index (χ2n) is 5.51. The first kappa shape index (κ1) is 11.2. The maximum absolute atomic E-state index is 6.04. The quantitative estimate of drug-likeness (QED) is 0.853. The predicted molar refractivity (Wildman–Crippen MR) is 73.2 cm³/mol. The lowest BCUT2D eigenvalue weighted by molar-refractivity contribution is 0.0175. The summed E-state index contributed by atoms with van der Waals surface area (Å²) in [5.74, 6) is 1.10. The smallest absolute Gasteiger partial charge is 0.183 e. The van der Waals surface area contributed by atoms with E-state index in [2.05, 4.69) is 33.1 Å². The Labute approximate surface area is 112 Å². The zero-order valence-corrected chi connectivity index (χ0v) is 11.0. The molecule has 2 aromatic rings. The molecule has 2 aliphatic rings. The Kier molecular flexibility index (Phi) is 2.48. The fraction of sp³-hybridized carbons (Fsp3) is 0.571. The maximum atomic E-state index is 6.04. The highest BCUT2D eigenvalue weighted by Gasteiger charge is 2.34. The number of ether oxygens (including phenoxy) is 1. The van der Waals surface area contributed by atoms with E-state index in [0.29, 0.717) is 18.2 Å². The first-order valence-electron chi connectivity index (χ1n) is 7.05. The van der Waals surface area contributed by atoms with Gasteiger partial charge in [0.15, 0.2) is 5.65 Å². The van der Waals surface area contributed by atoms with Gasteiger partial charge in [-0.15, -0.1) is 0 Å². The van der Waals surface area contributed by atoms with E-state index >= 15 is 0 Å². The molecule has 1 saturated heterocycles. The minimum atomic E-state index is 0.296. The van der Waals surface area contributed by atoms with Crippen molar-refractivity contribution < 1.29 is 4.74 Å². The van der Waals surface area contributed by atoms with E-state index in [9.17, 15) is 0 Å². The van der Waals surface area contributed by atoms with Gasteiger partial charge in [-0.2, -0.15) is 5.10 Å². The molecule has 2 aliphatic heterocycles. The molecule has 4 heterocycles. The van der Waals surface area contributed by atoms with Crippen LogP contribution in [0.5, 0.6) is 0 Å². The molecule has 1 fully saturated rings. The van der Waals surface area contributed by atoms with Crippen molar-refractivity contribution in [2.75, 3.05) is 11.9 Å². The molecule has 100 valence electrons. The van der Waals surface area contributed by atoms with Gasteiger partial charge < -0.3 is 10.1 Å². The number of nitrogens with zero attached hydrogens (tertiary/aromatic N) is 3. The van der Waals surface area contributed by atoms with Crippen molar-refractivity contribution in [3.05, 3.63) is 18.3 Å². The molecule has 5 heteroatoms. The number of nitrogens with one attached hydrogen (secondary N) is 1. The topological polar surface area (TPSA) is 52.0 Å². The summed E-state index contributed by atoms with van der Waals surface area (Å²) in [6, 6.07) is 4.38. The summed E-state index contributed by atoms with van der Waals surface area (Å²) in [7, 11) is 0. The zero-order valence-electron chi connectivity index (χ0n) is 11.0. The highest BCUT2D eigenvalue weighted by Crippen LogP contribution is 2.36. The Bertz CT molecular complexity index is 609. The molecule has 0 aliphatic carbocycles. The van der Waals surface area contributed by atoms with E-state index in [0.717, 1.165) is 42.7 Å². The number of rotatable bonds is 1. The molecule has 0 bridgehead atoms.